The Hall–Kier alpha value is -1.76. The van der Waals surface area contributed by atoms with Crippen molar-refractivity contribution in [2.24, 2.45) is 10.9 Å². The van der Waals surface area contributed by atoms with Crippen molar-refractivity contribution in [3.05, 3.63) is 0 Å². The molecule has 1 aliphatic rings. The first kappa shape index (κ1) is 21.3. The number of rotatable bonds is 12. The second kappa shape index (κ2) is 11.7. The molecule has 1 heterocycles. The number of hydrogen-bond donors (Lipinski definition) is 1. The SMILES string of the molecule is CCCCCCN1C(=O)NC(=O)[C@@H](C=NCCCN(CC)CC)C1=O. The second-order valence-corrected chi connectivity index (χ2v) is 6.26. The molecule has 1 saturated heterocycles. The predicted molar refractivity (Wildman–Crippen MR) is 98.6 cm³/mol. The fraction of sp³-hybridized carbons (Fsp3) is 0.778. The van der Waals surface area contributed by atoms with Crippen molar-refractivity contribution in [2.75, 3.05) is 32.7 Å². The van der Waals surface area contributed by atoms with E-state index >= 15 is 0 Å². The summed E-state index contributed by atoms with van der Waals surface area (Å²) in [5.41, 5.74) is 0. The number of barbiturate groups is 1. The zero-order chi connectivity index (χ0) is 18.7. The standard InChI is InChI=1S/C18H32N4O3/c1-4-7-8-9-13-22-17(24)15(16(23)20-18(22)25)14-19-11-10-12-21(5-2)6-3/h14-15H,4-13H2,1-3H3,(H,20,23,25)/t15-/m1/s1. The molecular weight excluding hydrogens is 320 g/mol. The van der Waals surface area contributed by atoms with Gasteiger partial charge in [-0.1, -0.05) is 40.0 Å². The average molecular weight is 352 g/mol. The first-order valence-corrected chi connectivity index (χ1v) is 9.43. The van der Waals surface area contributed by atoms with Crippen LogP contribution in [0.1, 0.15) is 52.9 Å². The van der Waals surface area contributed by atoms with Gasteiger partial charge in [-0.25, -0.2) is 4.79 Å². The number of carbonyl (C=O) groups excluding carboxylic acids is 3. The van der Waals surface area contributed by atoms with Gasteiger partial charge < -0.3 is 4.90 Å². The van der Waals surface area contributed by atoms with E-state index in [2.05, 4.69) is 36.0 Å². The largest absolute Gasteiger partial charge is 0.330 e. The van der Waals surface area contributed by atoms with E-state index < -0.39 is 23.8 Å². The minimum Gasteiger partial charge on any atom is -0.304 e. The number of imide groups is 2. The number of nitrogens with one attached hydrogen (secondary N) is 1. The second-order valence-electron chi connectivity index (χ2n) is 6.26. The maximum Gasteiger partial charge on any atom is 0.330 e. The molecule has 1 fully saturated rings. The van der Waals surface area contributed by atoms with Crippen molar-refractivity contribution in [3.63, 3.8) is 0 Å². The van der Waals surface area contributed by atoms with Crippen LogP contribution in [-0.4, -0.2) is 66.6 Å². The molecule has 0 saturated carbocycles. The molecule has 7 nitrogen and oxygen atoms in total. The number of unbranched alkanes of at least 4 members (excludes halogenated alkanes) is 3. The van der Waals surface area contributed by atoms with Crippen molar-refractivity contribution >= 4 is 24.1 Å². The fourth-order valence-electron chi connectivity index (χ4n) is 2.78. The lowest BCUT2D eigenvalue weighted by Gasteiger charge is -2.28. The highest BCUT2D eigenvalue weighted by molar-refractivity contribution is 6.23. The van der Waals surface area contributed by atoms with E-state index in [0.717, 1.165) is 56.6 Å². The summed E-state index contributed by atoms with van der Waals surface area (Å²) in [7, 11) is 0. The van der Waals surface area contributed by atoms with Crippen molar-refractivity contribution < 1.29 is 14.4 Å². The maximum atomic E-state index is 12.4. The van der Waals surface area contributed by atoms with Crippen LogP contribution in [0.3, 0.4) is 0 Å². The van der Waals surface area contributed by atoms with Crippen LogP contribution in [0.15, 0.2) is 4.99 Å². The minimum absolute atomic E-state index is 0.351. The van der Waals surface area contributed by atoms with Crippen molar-refractivity contribution in [3.8, 4) is 0 Å². The maximum absolute atomic E-state index is 12.4. The summed E-state index contributed by atoms with van der Waals surface area (Å²) >= 11 is 0. The zero-order valence-corrected chi connectivity index (χ0v) is 15.8. The number of nitrogens with zero attached hydrogens (tertiary/aromatic N) is 3. The van der Waals surface area contributed by atoms with Gasteiger partial charge in [0.05, 0.1) is 0 Å². The lowest BCUT2D eigenvalue weighted by Crippen LogP contribution is -2.58. The molecule has 0 spiro atoms. The van der Waals surface area contributed by atoms with Crippen LogP contribution in [0.25, 0.3) is 0 Å². The molecule has 142 valence electrons. The summed E-state index contributed by atoms with van der Waals surface area (Å²) in [6.07, 6.45) is 6.15. The molecule has 25 heavy (non-hydrogen) atoms. The van der Waals surface area contributed by atoms with Gasteiger partial charge in [-0.3, -0.25) is 24.8 Å². The summed E-state index contributed by atoms with van der Waals surface area (Å²) in [5.74, 6) is -2.03. The Kier molecular flexibility index (Phi) is 9.99. The Bertz CT molecular complexity index is 475. The Labute approximate surface area is 150 Å². The van der Waals surface area contributed by atoms with E-state index in [0.29, 0.717) is 13.1 Å². The molecule has 1 rings (SSSR count). The van der Waals surface area contributed by atoms with Crippen LogP contribution in [0, 0.1) is 5.92 Å². The topological polar surface area (TPSA) is 82.1 Å². The molecule has 0 aliphatic carbocycles. The molecular formula is C18H32N4O3. The van der Waals surface area contributed by atoms with Gasteiger partial charge >= 0.3 is 6.03 Å². The minimum atomic E-state index is -0.989. The van der Waals surface area contributed by atoms with Gasteiger partial charge in [0, 0.05) is 19.3 Å². The number of carbonyl (C=O) groups is 3. The van der Waals surface area contributed by atoms with Gasteiger partial charge in [0.2, 0.25) is 11.8 Å². The van der Waals surface area contributed by atoms with Gasteiger partial charge in [-0.15, -0.1) is 0 Å². The Balaban J connectivity index is 2.50. The lowest BCUT2D eigenvalue weighted by atomic mass is 10.1. The number of aliphatic imine (C=N–C) groups is 1. The van der Waals surface area contributed by atoms with Gasteiger partial charge in [0.1, 0.15) is 0 Å². The third-order valence-corrected chi connectivity index (χ3v) is 4.44. The number of hydrogen-bond acceptors (Lipinski definition) is 5. The summed E-state index contributed by atoms with van der Waals surface area (Å²) in [6, 6.07) is -0.613. The van der Waals surface area contributed by atoms with Crippen LogP contribution in [0.5, 0.6) is 0 Å². The van der Waals surface area contributed by atoms with Crippen LogP contribution < -0.4 is 5.32 Å². The van der Waals surface area contributed by atoms with Crippen LogP contribution in [0.4, 0.5) is 4.79 Å². The quantitative estimate of drug-likeness (QED) is 0.331. The Morgan fingerprint density at radius 3 is 2.44 bits per heavy atom. The van der Waals surface area contributed by atoms with E-state index in [1.54, 1.807) is 0 Å². The van der Waals surface area contributed by atoms with Gasteiger partial charge in [0.15, 0.2) is 5.92 Å². The zero-order valence-electron chi connectivity index (χ0n) is 15.8. The molecule has 1 atom stereocenters. The van der Waals surface area contributed by atoms with Gasteiger partial charge in [-0.05, 0) is 32.5 Å². The predicted octanol–water partition coefficient (Wildman–Crippen LogP) is 2.06. The monoisotopic (exact) mass is 352 g/mol. The summed E-state index contributed by atoms with van der Waals surface area (Å²) in [6.45, 7) is 10.2. The molecule has 0 aromatic rings. The third-order valence-electron chi connectivity index (χ3n) is 4.44. The average Bonchev–Trinajstić information content (AvgIpc) is 2.59. The van der Waals surface area contributed by atoms with E-state index in [9.17, 15) is 14.4 Å². The van der Waals surface area contributed by atoms with Crippen molar-refractivity contribution in [1.29, 1.82) is 0 Å². The molecule has 0 radical (unpaired) electrons. The Morgan fingerprint density at radius 2 is 1.80 bits per heavy atom. The Morgan fingerprint density at radius 1 is 1.08 bits per heavy atom. The molecule has 0 bridgehead atoms. The van der Waals surface area contributed by atoms with E-state index in [4.69, 9.17) is 0 Å². The van der Waals surface area contributed by atoms with Crippen LogP contribution in [-0.2, 0) is 9.59 Å². The van der Waals surface area contributed by atoms with Crippen LogP contribution in [0.2, 0.25) is 0 Å². The highest BCUT2D eigenvalue weighted by Crippen LogP contribution is 2.11. The first-order chi connectivity index (χ1) is 12.0. The summed E-state index contributed by atoms with van der Waals surface area (Å²) in [4.78, 5) is 43.9. The molecule has 1 N–H and O–H groups in total. The first-order valence-electron chi connectivity index (χ1n) is 9.43. The summed E-state index contributed by atoms with van der Waals surface area (Å²) < 4.78 is 0. The molecule has 0 aromatic heterocycles. The van der Waals surface area contributed by atoms with E-state index in [1.807, 2.05) is 0 Å². The molecule has 0 aromatic carbocycles. The van der Waals surface area contributed by atoms with Gasteiger partial charge in [0.25, 0.3) is 0 Å². The molecule has 4 amide bonds. The smallest absolute Gasteiger partial charge is 0.304 e. The highest BCUT2D eigenvalue weighted by Gasteiger charge is 2.38. The third kappa shape index (κ3) is 6.94. The molecule has 0 unspecified atom stereocenters. The number of amides is 4. The number of urea groups is 1. The summed E-state index contributed by atoms with van der Waals surface area (Å²) in [5, 5.41) is 2.26. The van der Waals surface area contributed by atoms with Gasteiger partial charge in [-0.2, -0.15) is 0 Å². The van der Waals surface area contributed by atoms with E-state index in [1.165, 1.54) is 6.21 Å². The van der Waals surface area contributed by atoms with Crippen molar-refractivity contribution in [2.45, 2.75) is 52.9 Å². The lowest BCUT2D eigenvalue weighted by molar-refractivity contribution is -0.139. The van der Waals surface area contributed by atoms with E-state index in [-0.39, 0.29) is 0 Å². The molecule has 1 aliphatic heterocycles. The fourth-order valence-corrected chi connectivity index (χ4v) is 2.78. The van der Waals surface area contributed by atoms with Crippen LogP contribution >= 0.6 is 0 Å². The normalized spacial score (nSPS) is 18.5. The highest BCUT2D eigenvalue weighted by atomic mass is 16.2. The van der Waals surface area contributed by atoms with Crippen molar-refractivity contribution in [1.82, 2.24) is 15.1 Å². The molecule has 7 heteroatoms.